The number of para-hydroxylation sites is 1. The van der Waals surface area contributed by atoms with Crippen molar-refractivity contribution in [3.63, 3.8) is 0 Å². The minimum absolute atomic E-state index is 0.0577. The van der Waals surface area contributed by atoms with Crippen LogP contribution in [0, 0.1) is 0 Å². The molecule has 0 radical (unpaired) electrons. The molecule has 1 N–H and O–H groups in total. The lowest BCUT2D eigenvalue weighted by atomic mass is 9.95. The van der Waals surface area contributed by atoms with Crippen LogP contribution in [0.4, 0.5) is 5.69 Å². The Hall–Kier alpha value is -3.32. The average Bonchev–Trinajstić information content (AvgIpc) is 3.49. The van der Waals surface area contributed by atoms with Gasteiger partial charge in [-0.15, -0.1) is 9.77 Å². The van der Waals surface area contributed by atoms with Crippen molar-refractivity contribution < 1.29 is 33.0 Å². The molecule has 2 amide bonds. The summed E-state index contributed by atoms with van der Waals surface area (Å²) in [5, 5.41) is 12.2. The second-order valence-corrected chi connectivity index (χ2v) is 15.0. The molecular weight excluding hydrogens is 665 g/mol. The van der Waals surface area contributed by atoms with Crippen LogP contribution < -0.4 is 10.2 Å². The van der Waals surface area contributed by atoms with Gasteiger partial charge < -0.3 is 24.1 Å². The second kappa shape index (κ2) is 19.8. The Balaban J connectivity index is 1.24. The number of rotatable bonds is 21. The fourth-order valence-corrected chi connectivity index (χ4v) is 7.84. The molecule has 2 heterocycles. The monoisotopic (exact) mass is 713 g/mol. The lowest BCUT2D eigenvalue weighted by Gasteiger charge is -2.28. The molecule has 2 aromatic carbocycles. The van der Waals surface area contributed by atoms with Crippen LogP contribution in [-0.2, 0) is 57.9 Å². The third-order valence-corrected chi connectivity index (χ3v) is 10.3. The summed E-state index contributed by atoms with van der Waals surface area (Å²) in [7, 11) is 1.38. The third-order valence-electron chi connectivity index (χ3n) is 7.99. The number of anilines is 1. The van der Waals surface area contributed by atoms with Crippen LogP contribution in [0.1, 0.15) is 83.6 Å². The smallest absolute Gasteiger partial charge is 0.355 e. The van der Waals surface area contributed by atoms with Gasteiger partial charge in [-0.05, 0) is 63.0 Å². The van der Waals surface area contributed by atoms with Crippen molar-refractivity contribution in [3.8, 4) is 22.5 Å². The molecule has 4 rings (SSSR count). The first kappa shape index (κ1) is 38.5. The maximum atomic E-state index is 13.3. The number of carbonyl (C=O) groups is 3. The number of unbranched alkanes of at least 4 members (excludes halogenated alkanes) is 5. The summed E-state index contributed by atoms with van der Waals surface area (Å²) in [6, 6.07) is 15.7. The van der Waals surface area contributed by atoms with Crippen LogP contribution in [0.15, 0.2) is 48.5 Å². The van der Waals surface area contributed by atoms with E-state index in [1.165, 1.54) is 7.11 Å². The average molecular weight is 714 g/mol. The topological polar surface area (TPSA) is 134 Å². The van der Waals surface area contributed by atoms with E-state index in [1.54, 1.807) is 4.90 Å². The van der Waals surface area contributed by atoms with Gasteiger partial charge in [0.15, 0.2) is 0 Å². The van der Waals surface area contributed by atoms with E-state index in [0.717, 1.165) is 85.0 Å². The highest BCUT2D eigenvalue weighted by molar-refractivity contribution is 8.07. The Morgan fingerprint density at radius 3 is 2.49 bits per heavy atom. The van der Waals surface area contributed by atoms with Crippen LogP contribution in [0.2, 0.25) is 0 Å². The molecule has 12 nitrogen and oxygen atoms in total. The fraction of sp³-hybridized carbons (Fsp3) is 0.514. The van der Waals surface area contributed by atoms with Crippen LogP contribution in [0.25, 0.3) is 22.5 Å². The van der Waals surface area contributed by atoms with Gasteiger partial charge in [-0.2, -0.15) is 0 Å². The van der Waals surface area contributed by atoms with E-state index in [4.69, 9.17) is 30.4 Å². The van der Waals surface area contributed by atoms with Gasteiger partial charge in [0.25, 0.3) is 0 Å². The molecular formula is C35H48N5O7PS. The number of nitrogens with one attached hydrogen (secondary N) is 1. The molecule has 3 aromatic rings. The Labute approximate surface area is 294 Å². The van der Waals surface area contributed by atoms with Crippen molar-refractivity contribution in [1.82, 2.24) is 20.3 Å². The zero-order valence-electron chi connectivity index (χ0n) is 28.7. The van der Waals surface area contributed by atoms with E-state index in [9.17, 15) is 14.4 Å². The summed E-state index contributed by atoms with van der Waals surface area (Å²) >= 11 is 5.33. The molecule has 0 fully saturated rings. The minimum Gasteiger partial charge on any atom is -0.356 e. The van der Waals surface area contributed by atoms with Crippen molar-refractivity contribution in [1.29, 1.82) is 0 Å². The maximum Gasteiger partial charge on any atom is 0.355 e. The van der Waals surface area contributed by atoms with Gasteiger partial charge in [0.05, 0.1) is 37.7 Å². The molecule has 1 atom stereocenters. The van der Waals surface area contributed by atoms with Crippen LogP contribution in [0.5, 0.6) is 0 Å². The normalized spacial score (nSPS) is 13.5. The van der Waals surface area contributed by atoms with Crippen LogP contribution in [-0.4, -0.2) is 59.5 Å². The molecule has 1 unspecified atom stereocenters. The molecule has 0 bridgehead atoms. The van der Waals surface area contributed by atoms with Gasteiger partial charge in [-0.3, -0.25) is 9.59 Å². The lowest BCUT2D eigenvalue weighted by molar-refractivity contribution is -0.193. The number of nitrogens with zero attached hydrogens (tertiary/aromatic N) is 4. The first-order valence-corrected chi connectivity index (χ1v) is 19.6. The Kier molecular flexibility index (Phi) is 15.5. The number of aromatic nitrogens is 3. The van der Waals surface area contributed by atoms with E-state index in [2.05, 4.69) is 15.6 Å². The van der Waals surface area contributed by atoms with E-state index < -0.39 is 6.72 Å². The minimum atomic E-state index is -2.90. The van der Waals surface area contributed by atoms with Crippen molar-refractivity contribution in [2.45, 2.75) is 97.2 Å². The number of carbonyl (C=O) groups excluding carboxylic acids is 3. The van der Waals surface area contributed by atoms with Crippen molar-refractivity contribution in [3.05, 3.63) is 54.1 Å². The second-order valence-electron chi connectivity index (χ2n) is 12.1. The Morgan fingerprint density at radius 2 is 1.71 bits per heavy atom. The molecule has 14 heteroatoms. The SMILES string of the molecule is COOP(=S)(OCCCCCCNC(=O)CCCCCn1nnc2c1-c1ccccc1N(C(=O)CCC=O)Cc1ccccc1-2)OC(C)C. The summed E-state index contributed by atoms with van der Waals surface area (Å²) in [5.41, 5.74) is 5.19. The predicted molar refractivity (Wildman–Crippen MR) is 192 cm³/mol. The van der Waals surface area contributed by atoms with E-state index in [1.807, 2.05) is 67.1 Å². The Morgan fingerprint density at radius 1 is 0.980 bits per heavy atom. The zero-order chi connectivity index (χ0) is 35.1. The standard InChI is InChI=1S/C35H48N5O7PS/c1-27(2)46-48(49,47-44-3)45-25-14-5-4-12-22-36-32(42)20-7-6-13-23-40-35-30-18-10-11-19-31(30)39(33(43)21-15-24-41)26-28-16-8-9-17-29(28)34(35)37-38-40/h8-11,16-19,24,27H,4-7,12-15,20-23,25-26H2,1-3H3,(H,36,42). The number of amides is 2. The number of aldehydes is 1. The van der Waals surface area contributed by atoms with Gasteiger partial charge >= 0.3 is 6.72 Å². The van der Waals surface area contributed by atoms with E-state index >= 15 is 0 Å². The molecule has 49 heavy (non-hydrogen) atoms. The van der Waals surface area contributed by atoms with Gasteiger partial charge in [0.1, 0.15) is 12.0 Å². The highest BCUT2D eigenvalue weighted by Gasteiger charge is 2.29. The maximum absolute atomic E-state index is 13.3. The molecule has 266 valence electrons. The van der Waals surface area contributed by atoms with Crippen LogP contribution >= 0.6 is 6.72 Å². The molecule has 0 saturated heterocycles. The summed E-state index contributed by atoms with van der Waals surface area (Å²) < 4.78 is 18.2. The van der Waals surface area contributed by atoms with Crippen molar-refractivity contribution in [2.24, 2.45) is 0 Å². The van der Waals surface area contributed by atoms with Crippen LogP contribution in [0.3, 0.4) is 0 Å². The van der Waals surface area contributed by atoms with Crippen molar-refractivity contribution in [2.75, 3.05) is 25.2 Å². The fourth-order valence-electron chi connectivity index (χ4n) is 5.73. The highest BCUT2D eigenvalue weighted by atomic mass is 32.5. The number of benzene rings is 2. The van der Waals surface area contributed by atoms with Gasteiger partial charge in [-0.1, -0.05) is 66.9 Å². The number of fused-ring (bicyclic) bond motifs is 5. The summed E-state index contributed by atoms with van der Waals surface area (Å²) in [6.07, 6.45) is 7.50. The van der Waals surface area contributed by atoms with Crippen molar-refractivity contribution >= 4 is 42.3 Å². The number of hydrogen-bond acceptors (Lipinski definition) is 10. The number of hydrogen-bond donors (Lipinski definition) is 1. The molecule has 0 saturated carbocycles. The summed E-state index contributed by atoms with van der Waals surface area (Å²) in [6.45, 7) is 2.90. The third kappa shape index (κ3) is 11.4. The summed E-state index contributed by atoms with van der Waals surface area (Å²) in [5.74, 6) is -0.0474. The number of aryl methyl sites for hydroxylation is 1. The molecule has 1 aliphatic heterocycles. The molecule has 1 aliphatic rings. The Bertz CT molecular complexity index is 1580. The van der Waals surface area contributed by atoms with Gasteiger partial charge in [0.2, 0.25) is 11.8 Å². The lowest BCUT2D eigenvalue weighted by Crippen LogP contribution is -2.31. The largest absolute Gasteiger partial charge is 0.356 e. The first-order chi connectivity index (χ1) is 23.8. The zero-order valence-corrected chi connectivity index (χ0v) is 30.4. The molecule has 1 aromatic heterocycles. The highest BCUT2D eigenvalue weighted by Crippen LogP contribution is 2.51. The van der Waals surface area contributed by atoms with E-state index in [-0.39, 0.29) is 30.8 Å². The molecule has 0 spiro atoms. The van der Waals surface area contributed by atoms with Gasteiger partial charge in [0, 0.05) is 43.5 Å². The molecule has 0 aliphatic carbocycles. The quantitative estimate of drug-likeness (QED) is 0.0408. The first-order valence-electron chi connectivity index (χ1n) is 17.0. The van der Waals surface area contributed by atoms with E-state index in [0.29, 0.717) is 32.7 Å². The van der Waals surface area contributed by atoms with Gasteiger partial charge in [-0.25, -0.2) is 9.57 Å². The summed E-state index contributed by atoms with van der Waals surface area (Å²) in [4.78, 5) is 43.3. The predicted octanol–water partition coefficient (Wildman–Crippen LogP) is 6.92.